The number of hydrogen-bond acceptors (Lipinski definition) is 4. The van der Waals surface area contributed by atoms with Gasteiger partial charge in [0, 0.05) is 5.02 Å². The minimum Gasteiger partial charge on any atom is -0.385 e. The molecule has 1 amide bonds. The van der Waals surface area contributed by atoms with Crippen LogP contribution in [0.1, 0.15) is 12.5 Å². The van der Waals surface area contributed by atoms with Crippen LogP contribution in [0.3, 0.4) is 0 Å². The van der Waals surface area contributed by atoms with E-state index in [0.717, 1.165) is 5.56 Å². The third kappa shape index (κ3) is 5.47. The molecule has 0 aromatic heterocycles. The Labute approximate surface area is 110 Å². The lowest BCUT2D eigenvalue weighted by molar-refractivity contribution is -0.125. The van der Waals surface area contributed by atoms with Crippen LogP contribution >= 0.6 is 11.6 Å². The number of nitrogens with two attached hydrogens (primary N) is 1. The molecule has 18 heavy (non-hydrogen) atoms. The molecule has 0 radical (unpaired) electrons. The van der Waals surface area contributed by atoms with E-state index in [-0.39, 0.29) is 6.61 Å². The second-order valence-corrected chi connectivity index (χ2v) is 3.89. The number of nitrogens with one attached hydrogen (secondary N) is 1. The molecular weight excluding hydrogens is 254 g/mol. The predicted octanol–water partition coefficient (Wildman–Crippen LogP) is 1.74. The highest BCUT2D eigenvalue weighted by Gasteiger charge is 1.96. The Morgan fingerprint density at radius 2 is 2.17 bits per heavy atom. The first-order chi connectivity index (χ1) is 8.61. The fourth-order valence-electron chi connectivity index (χ4n) is 1.06. The summed E-state index contributed by atoms with van der Waals surface area (Å²) in [7, 11) is 0. The van der Waals surface area contributed by atoms with E-state index in [2.05, 4.69) is 5.16 Å². The Hall–Kier alpha value is -1.85. The number of benzene rings is 1. The van der Waals surface area contributed by atoms with Gasteiger partial charge in [0.2, 0.25) is 0 Å². The van der Waals surface area contributed by atoms with Crippen LogP contribution in [0.4, 0.5) is 0 Å². The van der Waals surface area contributed by atoms with E-state index in [1.165, 1.54) is 0 Å². The molecule has 0 aliphatic carbocycles. The van der Waals surface area contributed by atoms with Crippen molar-refractivity contribution in [3.63, 3.8) is 0 Å². The number of nitrogens with zero attached hydrogens (tertiary/aromatic N) is 1. The van der Waals surface area contributed by atoms with Crippen molar-refractivity contribution in [3.05, 3.63) is 40.9 Å². The lowest BCUT2D eigenvalue weighted by Crippen LogP contribution is -2.32. The summed E-state index contributed by atoms with van der Waals surface area (Å²) in [6.07, 6.45) is 3.63. The lowest BCUT2D eigenvalue weighted by atomic mass is 10.2. The van der Waals surface area contributed by atoms with Crippen molar-refractivity contribution >= 4 is 29.3 Å². The number of hydrazine groups is 1. The molecule has 96 valence electrons. The van der Waals surface area contributed by atoms with E-state index in [1.54, 1.807) is 25.1 Å². The van der Waals surface area contributed by atoms with E-state index in [4.69, 9.17) is 22.3 Å². The maximum absolute atomic E-state index is 10.7. The minimum absolute atomic E-state index is 0.206. The van der Waals surface area contributed by atoms with Crippen LogP contribution in [-0.2, 0) is 9.63 Å². The fourth-order valence-corrected chi connectivity index (χ4v) is 1.18. The van der Waals surface area contributed by atoms with E-state index >= 15 is 0 Å². The quantitative estimate of drug-likeness (QED) is 0.369. The lowest BCUT2D eigenvalue weighted by Gasteiger charge is -1.98. The van der Waals surface area contributed by atoms with Crippen molar-refractivity contribution in [1.29, 1.82) is 0 Å². The van der Waals surface area contributed by atoms with Gasteiger partial charge in [-0.2, -0.15) is 0 Å². The molecule has 6 heteroatoms. The monoisotopic (exact) mass is 267 g/mol. The summed E-state index contributed by atoms with van der Waals surface area (Å²) in [6.45, 7) is 1.55. The maximum Gasteiger partial charge on any atom is 0.274 e. The Balaban J connectivity index is 2.48. The molecule has 1 rings (SSSR count). The number of carbonyl (C=O) groups is 1. The van der Waals surface area contributed by atoms with Crippen LogP contribution in [0.25, 0.3) is 6.08 Å². The van der Waals surface area contributed by atoms with Crippen LogP contribution in [-0.4, -0.2) is 18.2 Å². The summed E-state index contributed by atoms with van der Waals surface area (Å²) in [6, 6.07) is 7.37. The molecule has 3 N–H and O–H groups in total. The average Bonchev–Trinajstić information content (AvgIpc) is 2.38. The van der Waals surface area contributed by atoms with Crippen LogP contribution in [0.15, 0.2) is 35.5 Å². The van der Waals surface area contributed by atoms with Crippen molar-refractivity contribution in [1.82, 2.24) is 5.43 Å². The highest BCUT2D eigenvalue weighted by Crippen LogP contribution is 2.10. The van der Waals surface area contributed by atoms with Gasteiger partial charge in [0.25, 0.3) is 5.91 Å². The molecule has 0 atom stereocenters. The first kappa shape index (κ1) is 14.2. The van der Waals surface area contributed by atoms with Crippen LogP contribution in [0, 0.1) is 0 Å². The Morgan fingerprint density at radius 3 is 2.78 bits per heavy atom. The normalized spacial score (nSPS) is 11.6. The van der Waals surface area contributed by atoms with Crippen molar-refractivity contribution < 1.29 is 9.63 Å². The van der Waals surface area contributed by atoms with Crippen molar-refractivity contribution in [2.45, 2.75) is 6.92 Å². The van der Waals surface area contributed by atoms with Gasteiger partial charge >= 0.3 is 0 Å². The summed E-state index contributed by atoms with van der Waals surface area (Å²) >= 11 is 5.77. The number of oxime groups is 1. The first-order valence-corrected chi connectivity index (χ1v) is 5.59. The Bertz CT molecular complexity index is 455. The number of rotatable bonds is 5. The van der Waals surface area contributed by atoms with Gasteiger partial charge in [0.15, 0.2) is 6.61 Å². The average molecular weight is 268 g/mol. The highest BCUT2D eigenvalue weighted by molar-refractivity contribution is 6.30. The largest absolute Gasteiger partial charge is 0.385 e. The smallest absolute Gasteiger partial charge is 0.274 e. The van der Waals surface area contributed by atoms with E-state index < -0.39 is 5.91 Å². The SMILES string of the molecule is CC(/C=C/c1ccc(Cl)cc1)=N\OCC(=O)NN. The van der Waals surface area contributed by atoms with Gasteiger partial charge in [-0.15, -0.1) is 0 Å². The maximum atomic E-state index is 10.7. The molecule has 0 saturated carbocycles. The molecular formula is C12H14ClN3O2. The zero-order valence-corrected chi connectivity index (χ0v) is 10.6. The van der Waals surface area contributed by atoms with E-state index in [9.17, 15) is 4.79 Å². The number of halogens is 1. The van der Waals surface area contributed by atoms with Crippen molar-refractivity contribution in [2.75, 3.05) is 6.61 Å². The third-order valence-electron chi connectivity index (χ3n) is 1.95. The molecule has 1 aromatic carbocycles. The second kappa shape index (κ2) is 7.47. The molecule has 5 nitrogen and oxygen atoms in total. The summed E-state index contributed by atoms with van der Waals surface area (Å²) in [4.78, 5) is 15.5. The number of carbonyl (C=O) groups excluding carboxylic acids is 1. The van der Waals surface area contributed by atoms with E-state index in [1.807, 2.05) is 23.6 Å². The zero-order chi connectivity index (χ0) is 13.4. The number of allylic oxidation sites excluding steroid dienone is 1. The molecule has 0 unspecified atom stereocenters. The zero-order valence-electron chi connectivity index (χ0n) is 9.89. The molecule has 0 saturated heterocycles. The summed E-state index contributed by atoms with van der Waals surface area (Å²) in [5.74, 6) is 4.45. The summed E-state index contributed by atoms with van der Waals surface area (Å²) < 4.78 is 0. The molecule has 0 aliphatic rings. The van der Waals surface area contributed by atoms with Gasteiger partial charge in [-0.05, 0) is 30.7 Å². The first-order valence-electron chi connectivity index (χ1n) is 5.21. The molecule has 1 aromatic rings. The summed E-state index contributed by atoms with van der Waals surface area (Å²) in [5.41, 5.74) is 3.57. The Morgan fingerprint density at radius 1 is 1.50 bits per heavy atom. The predicted molar refractivity (Wildman–Crippen MR) is 71.9 cm³/mol. The van der Waals surface area contributed by atoms with Gasteiger partial charge in [-0.3, -0.25) is 10.2 Å². The van der Waals surface area contributed by atoms with Crippen molar-refractivity contribution in [2.24, 2.45) is 11.0 Å². The van der Waals surface area contributed by atoms with Crippen LogP contribution in [0.5, 0.6) is 0 Å². The fraction of sp³-hybridized carbons (Fsp3) is 0.167. The topological polar surface area (TPSA) is 76.7 Å². The van der Waals surface area contributed by atoms with Gasteiger partial charge in [-0.25, -0.2) is 5.84 Å². The number of amides is 1. The third-order valence-corrected chi connectivity index (χ3v) is 2.20. The van der Waals surface area contributed by atoms with E-state index in [0.29, 0.717) is 10.7 Å². The van der Waals surface area contributed by atoms with Crippen LogP contribution in [0.2, 0.25) is 5.02 Å². The minimum atomic E-state index is -0.437. The van der Waals surface area contributed by atoms with Gasteiger partial charge in [-0.1, -0.05) is 35.0 Å². The van der Waals surface area contributed by atoms with Gasteiger partial charge < -0.3 is 4.84 Å². The van der Waals surface area contributed by atoms with Gasteiger partial charge in [0.05, 0.1) is 5.71 Å². The molecule has 0 spiro atoms. The Kier molecular flexibility index (Phi) is 5.90. The summed E-state index contributed by atoms with van der Waals surface area (Å²) in [5, 5.41) is 4.42. The highest BCUT2D eigenvalue weighted by atomic mass is 35.5. The second-order valence-electron chi connectivity index (χ2n) is 3.46. The van der Waals surface area contributed by atoms with Crippen molar-refractivity contribution in [3.8, 4) is 0 Å². The van der Waals surface area contributed by atoms with Gasteiger partial charge in [0.1, 0.15) is 0 Å². The number of hydrogen-bond donors (Lipinski definition) is 2. The molecule has 0 aliphatic heterocycles. The molecule has 0 bridgehead atoms. The standard InChI is InChI=1S/C12H14ClN3O2/c1-9(16-18-8-12(17)15-14)2-3-10-4-6-11(13)7-5-10/h2-7H,8,14H2,1H3,(H,15,17)/b3-2+,16-9+. The van der Waals surface area contributed by atoms with Crippen LogP contribution < -0.4 is 11.3 Å². The molecule has 0 heterocycles. The molecule has 0 fully saturated rings.